The van der Waals surface area contributed by atoms with E-state index in [0.29, 0.717) is 23.7 Å². The molecule has 3 aromatic carbocycles. The summed E-state index contributed by atoms with van der Waals surface area (Å²) in [6.45, 7) is 2.60. The van der Waals surface area contributed by atoms with Crippen LogP contribution in [0.3, 0.4) is 0 Å². The molecule has 0 bridgehead atoms. The Labute approximate surface area is 183 Å². The lowest BCUT2D eigenvalue weighted by Crippen LogP contribution is -2.41. The van der Waals surface area contributed by atoms with Crippen molar-refractivity contribution in [2.45, 2.75) is 38.1 Å². The van der Waals surface area contributed by atoms with E-state index in [9.17, 15) is 9.59 Å². The summed E-state index contributed by atoms with van der Waals surface area (Å²) in [5.41, 5.74) is 2.69. The maximum Gasteiger partial charge on any atom is 0.261 e. The zero-order chi connectivity index (χ0) is 21.2. The molecule has 0 aliphatic carbocycles. The maximum absolute atomic E-state index is 13.0. The number of likely N-dealkylation sites (tertiary alicyclic amines) is 1. The Morgan fingerprint density at radius 1 is 0.742 bits per heavy atom. The molecule has 0 radical (unpaired) electrons. The van der Waals surface area contributed by atoms with Gasteiger partial charge in [-0.25, -0.2) is 0 Å². The van der Waals surface area contributed by atoms with Crippen molar-refractivity contribution in [3.8, 4) is 0 Å². The number of hydrogen-bond donors (Lipinski definition) is 0. The predicted octanol–water partition coefficient (Wildman–Crippen LogP) is 5.44. The lowest BCUT2D eigenvalue weighted by molar-refractivity contribution is 0.0604. The summed E-state index contributed by atoms with van der Waals surface area (Å²) in [4.78, 5) is 30.1. The molecule has 2 heterocycles. The van der Waals surface area contributed by atoms with Crippen LogP contribution in [0.4, 0.5) is 0 Å². The van der Waals surface area contributed by atoms with Crippen LogP contribution in [0.2, 0.25) is 0 Å². The molecule has 1 atom stereocenters. The zero-order valence-corrected chi connectivity index (χ0v) is 17.8. The van der Waals surface area contributed by atoms with Crippen LogP contribution in [-0.2, 0) is 0 Å². The first-order valence-electron chi connectivity index (χ1n) is 11.4. The van der Waals surface area contributed by atoms with Crippen LogP contribution in [0, 0.1) is 0 Å². The van der Waals surface area contributed by atoms with Gasteiger partial charge in [-0.2, -0.15) is 0 Å². The van der Waals surface area contributed by atoms with E-state index in [1.165, 1.54) is 29.7 Å². The largest absolute Gasteiger partial charge is 0.296 e. The fourth-order valence-corrected chi connectivity index (χ4v) is 5.18. The molecular formula is C27H28N2O2. The van der Waals surface area contributed by atoms with Crippen molar-refractivity contribution in [2.24, 2.45) is 0 Å². The van der Waals surface area contributed by atoms with Gasteiger partial charge in [-0.15, -0.1) is 0 Å². The molecule has 1 unspecified atom stereocenters. The fourth-order valence-electron chi connectivity index (χ4n) is 5.18. The smallest absolute Gasteiger partial charge is 0.261 e. The first kappa shape index (κ1) is 20.0. The van der Waals surface area contributed by atoms with E-state index >= 15 is 0 Å². The van der Waals surface area contributed by atoms with Gasteiger partial charge in [-0.3, -0.25) is 19.4 Å². The molecule has 3 aromatic rings. The Morgan fingerprint density at radius 3 is 2.13 bits per heavy atom. The Hall–Kier alpha value is -2.98. The highest BCUT2D eigenvalue weighted by Crippen LogP contribution is 2.32. The van der Waals surface area contributed by atoms with Gasteiger partial charge < -0.3 is 0 Å². The van der Waals surface area contributed by atoms with Gasteiger partial charge in [-0.05, 0) is 61.9 Å². The van der Waals surface area contributed by atoms with E-state index in [4.69, 9.17) is 0 Å². The van der Waals surface area contributed by atoms with Crippen LogP contribution in [0.25, 0.3) is 10.8 Å². The summed E-state index contributed by atoms with van der Waals surface area (Å²) in [7, 11) is 0. The van der Waals surface area contributed by atoms with E-state index in [1.54, 1.807) is 0 Å². The molecule has 158 valence electrons. The SMILES string of the molecule is O=C1c2cccc3cccc(c23)C(=O)N1CCCCN1CCCCC1c1ccccc1. The van der Waals surface area contributed by atoms with Gasteiger partial charge >= 0.3 is 0 Å². The molecule has 0 N–H and O–H groups in total. The molecule has 4 heteroatoms. The van der Waals surface area contributed by atoms with Gasteiger partial charge in [0.25, 0.3) is 11.8 Å². The molecular weight excluding hydrogens is 384 g/mol. The number of imide groups is 1. The summed E-state index contributed by atoms with van der Waals surface area (Å²) in [6.07, 6.45) is 5.53. The Balaban J connectivity index is 1.24. The molecule has 2 aliphatic heterocycles. The number of piperidine rings is 1. The van der Waals surface area contributed by atoms with E-state index in [-0.39, 0.29) is 11.8 Å². The van der Waals surface area contributed by atoms with Gasteiger partial charge in [0.1, 0.15) is 0 Å². The zero-order valence-electron chi connectivity index (χ0n) is 17.8. The molecule has 0 spiro atoms. The third-order valence-corrected chi connectivity index (χ3v) is 6.73. The number of carbonyl (C=O) groups excluding carboxylic acids is 2. The Morgan fingerprint density at radius 2 is 1.42 bits per heavy atom. The van der Waals surface area contributed by atoms with Gasteiger partial charge in [-0.1, -0.05) is 61.0 Å². The third-order valence-electron chi connectivity index (χ3n) is 6.73. The van der Waals surface area contributed by atoms with Crippen LogP contribution in [0.1, 0.15) is 64.4 Å². The van der Waals surface area contributed by atoms with Gasteiger partial charge in [0.2, 0.25) is 0 Å². The van der Waals surface area contributed by atoms with Crippen molar-refractivity contribution in [2.75, 3.05) is 19.6 Å². The van der Waals surface area contributed by atoms with Crippen molar-refractivity contribution in [3.05, 3.63) is 83.4 Å². The summed E-state index contributed by atoms with van der Waals surface area (Å²) < 4.78 is 0. The minimum absolute atomic E-state index is 0.158. The molecule has 4 nitrogen and oxygen atoms in total. The number of nitrogens with zero attached hydrogens (tertiary/aromatic N) is 2. The number of benzene rings is 3. The minimum Gasteiger partial charge on any atom is -0.296 e. The minimum atomic E-state index is -0.158. The first-order chi connectivity index (χ1) is 15.2. The number of hydrogen-bond acceptors (Lipinski definition) is 3. The van der Waals surface area contributed by atoms with Crippen LogP contribution in [0.15, 0.2) is 66.7 Å². The van der Waals surface area contributed by atoms with E-state index in [1.807, 2.05) is 36.4 Å². The van der Waals surface area contributed by atoms with E-state index < -0.39 is 0 Å². The summed E-state index contributed by atoms with van der Waals surface area (Å²) >= 11 is 0. The van der Waals surface area contributed by atoms with Crippen LogP contribution < -0.4 is 0 Å². The first-order valence-corrected chi connectivity index (χ1v) is 11.4. The molecule has 2 aliphatic rings. The van der Waals surface area contributed by atoms with Gasteiger partial charge in [0.05, 0.1) is 0 Å². The summed E-state index contributed by atoms with van der Waals surface area (Å²) in [5.74, 6) is -0.316. The highest BCUT2D eigenvalue weighted by atomic mass is 16.2. The van der Waals surface area contributed by atoms with E-state index in [0.717, 1.165) is 36.7 Å². The van der Waals surface area contributed by atoms with Gasteiger partial charge in [0, 0.05) is 29.1 Å². The molecule has 1 saturated heterocycles. The lowest BCUT2D eigenvalue weighted by atomic mass is 9.94. The molecule has 31 heavy (non-hydrogen) atoms. The second-order valence-electron chi connectivity index (χ2n) is 8.64. The average molecular weight is 413 g/mol. The molecule has 5 rings (SSSR count). The second-order valence-corrected chi connectivity index (χ2v) is 8.64. The van der Waals surface area contributed by atoms with Crippen LogP contribution in [0.5, 0.6) is 0 Å². The van der Waals surface area contributed by atoms with Crippen molar-refractivity contribution in [1.82, 2.24) is 9.80 Å². The van der Waals surface area contributed by atoms with E-state index in [2.05, 4.69) is 35.2 Å². The quantitative estimate of drug-likeness (QED) is 0.400. The Kier molecular flexibility index (Phi) is 5.56. The monoisotopic (exact) mass is 412 g/mol. The number of unbranched alkanes of at least 4 members (excludes halogenated alkanes) is 1. The van der Waals surface area contributed by atoms with Crippen molar-refractivity contribution in [3.63, 3.8) is 0 Å². The third kappa shape index (κ3) is 3.77. The summed E-state index contributed by atoms with van der Waals surface area (Å²) in [5, 5.41) is 1.75. The Bertz CT molecular complexity index is 1060. The van der Waals surface area contributed by atoms with Crippen molar-refractivity contribution in [1.29, 1.82) is 0 Å². The predicted molar refractivity (Wildman–Crippen MR) is 123 cm³/mol. The molecule has 1 fully saturated rings. The topological polar surface area (TPSA) is 40.6 Å². The highest BCUT2D eigenvalue weighted by Gasteiger charge is 2.32. The number of amides is 2. The molecule has 0 saturated carbocycles. The second kappa shape index (κ2) is 8.64. The van der Waals surface area contributed by atoms with Crippen molar-refractivity contribution >= 4 is 22.6 Å². The van der Waals surface area contributed by atoms with Crippen molar-refractivity contribution < 1.29 is 9.59 Å². The molecule has 2 amide bonds. The number of carbonyl (C=O) groups is 2. The average Bonchev–Trinajstić information content (AvgIpc) is 2.82. The summed E-state index contributed by atoms with van der Waals surface area (Å²) in [6, 6.07) is 22.6. The molecule has 0 aromatic heterocycles. The fraction of sp³-hybridized carbons (Fsp3) is 0.333. The standard InChI is InChI=1S/C27H28N2O2/c30-26-22-14-8-12-21-13-9-15-23(25(21)22)27(31)29(26)19-7-6-18-28-17-5-4-16-24(28)20-10-2-1-3-11-20/h1-3,8-15,24H,4-7,16-19H2. The lowest BCUT2D eigenvalue weighted by Gasteiger charge is -2.36. The highest BCUT2D eigenvalue weighted by molar-refractivity contribution is 6.25. The van der Waals surface area contributed by atoms with Crippen LogP contribution >= 0.6 is 0 Å². The van der Waals surface area contributed by atoms with Gasteiger partial charge in [0.15, 0.2) is 0 Å². The number of rotatable bonds is 6. The normalized spacial score (nSPS) is 19.2. The maximum atomic E-state index is 13.0. The van der Waals surface area contributed by atoms with Crippen LogP contribution in [-0.4, -0.2) is 41.2 Å².